The summed E-state index contributed by atoms with van der Waals surface area (Å²) in [5.74, 6) is -5.49. The first kappa shape index (κ1) is 21.6. The second kappa shape index (κ2) is 7.60. The van der Waals surface area contributed by atoms with E-state index in [1.54, 1.807) is 24.3 Å². The predicted molar refractivity (Wildman–Crippen MR) is 106 cm³/mol. The highest BCUT2D eigenvalue weighted by Crippen LogP contribution is 2.50. The van der Waals surface area contributed by atoms with Crippen LogP contribution >= 0.6 is 11.6 Å². The van der Waals surface area contributed by atoms with Gasteiger partial charge in [-0.2, -0.15) is 0 Å². The quantitative estimate of drug-likeness (QED) is 0.655. The van der Waals surface area contributed by atoms with Gasteiger partial charge in [-0.1, -0.05) is 35.5 Å². The number of hydrogen-bond acceptors (Lipinski definition) is 8. The van der Waals surface area contributed by atoms with E-state index in [4.69, 9.17) is 30.6 Å². The molecule has 158 valence electrons. The molecule has 0 aromatic heterocycles. The third kappa shape index (κ3) is 3.82. The summed E-state index contributed by atoms with van der Waals surface area (Å²) in [4.78, 5) is 41.8. The van der Waals surface area contributed by atoms with Crippen molar-refractivity contribution >= 4 is 35.0 Å². The molecule has 0 saturated carbocycles. The number of Topliss-reactive ketones (excluding diaryl/α,β-unsaturated/α-hetero) is 1. The summed E-state index contributed by atoms with van der Waals surface area (Å²) in [6.45, 7) is 8.82. The summed E-state index contributed by atoms with van der Waals surface area (Å²) in [6.07, 6.45) is -0.0617. The van der Waals surface area contributed by atoms with Gasteiger partial charge in [-0.25, -0.2) is 0 Å². The lowest BCUT2D eigenvalue weighted by Gasteiger charge is -2.35. The molecule has 0 N–H and O–H groups in total. The lowest BCUT2D eigenvalue weighted by Crippen LogP contribution is -2.48. The second-order valence-corrected chi connectivity index (χ2v) is 7.47. The van der Waals surface area contributed by atoms with Gasteiger partial charge in [0.2, 0.25) is 0 Å². The van der Waals surface area contributed by atoms with Crippen molar-refractivity contribution in [3.05, 3.63) is 58.3 Å². The molecule has 0 aliphatic carbocycles. The second-order valence-electron chi connectivity index (χ2n) is 7.03. The molecule has 9 heteroatoms. The van der Waals surface area contributed by atoms with Gasteiger partial charge in [0.05, 0.1) is 17.7 Å². The number of carbonyl (C=O) groups excluding carboxylic acids is 3. The van der Waals surface area contributed by atoms with Gasteiger partial charge < -0.3 is 19.0 Å². The van der Waals surface area contributed by atoms with Crippen molar-refractivity contribution in [3.63, 3.8) is 0 Å². The van der Waals surface area contributed by atoms with E-state index in [-0.39, 0.29) is 23.3 Å². The highest BCUT2D eigenvalue weighted by atomic mass is 35.5. The minimum absolute atomic E-state index is 0.00520. The minimum atomic E-state index is -1.87. The number of allylic oxidation sites excluding steroid dienone is 1. The largest absolute Gasteiger partial charge is 0.448 e. The molecule has 2 unspecified atom stereocenters. The van der Waals surface area contributed by atoms with E-state index in [0.717, 1.165) is 0 Å². The zero-order valence-electron chi connectivity index (χ0n) is 16.9. The van der Waals surface area contributed by atoms with Gasteiger partial charge in [0.1, 0.15) is 11.3 Å². The molecule has 1 aromatic rings. The van der Waals surface area contributed by atoms with Crippen molar-refractivity contribution in [1.29, 1.82) is 0 Å². The van der Waals surface area contributed by atoms with Crippen LogP contribution in [0, 0.1) is 0 Å². The van der Waals surface area contributed by atoms with E-state index >= 15 is 0 Å². The summed E-state index contributed by atoms with van der Waals surface area (Å²) >= 11 is 5.94. The number of esters is 2. The molecule has 0 fully saturated rings. The van der Waals surface area contributed by atoms with Gasteiger partial charge in [-0.3, -0.25) is 14.4 Å². The topological polar surface area (TPSA) is 100 Å². The Morgan fingerprint density at radius 1 is 1.10 bits per heavy atom. The monoisotopic (exact) mass is 433 g/mol. The van der Waals surface area contributed by atoms with Gasteiger partial charge in [0, 0.05) is 25.8 Å². The predicted octanol–water partition coefficient (Wildman–Crippen LogP) is 3.43. The first-order valence-electron chi connectivity index (χ1n) is 9.02. The van der Waals surface area contributed by atoms with Gasteiger partial charge in [-0.15, -0.1) is 0 Å². The molecular formula is C21H20ClNO7. The van der Waals surface area contributed by atoms with Crippen LogP contribution in [0.4, 0.5) is 0 Å². The number of hydrogen-bond donors (Lipinski definition) is 0. The van der Waals surface area contributed by atoms with Gasteiger partial charge in [-0.05, 0) is 24.6 Å². The highest BCUT2D eigenvalue weighted by molar-refractivity contribution is 6.30. The normalized spacial score (nSPS) is 25.4. The van der Waals surface area contributed by atoms with Crippen molar-refractivity contribution < 1.29 is 33.4 Å². The summed E-state index contributed by atoms with van der Waals surface area (Å²) in [5.41, 5.74) is 1.12. The average molecular weight is 434 g/mol. The van der Waals surface area contributed by atoms with Crippen LogP contribution in [0.15, 0.2) is 52.9 Å². The molecule has 3 rings (SSSR count). The van der Waals surface area contributed by atoms with Crippen LogP contribution < -0.4 is 0 Å². The van der Waals surface area contributed by atoms with Gasteiger partial charge in [0.25, 0.3) is 5.79 Å². The van der Waals surface area contributed by atoms with Crippen LogP contribution in [0.25, 0.3) is 0 Å². The van der Waals surface area contributed by atoms with E-state index < -0.39 is 29.3 Å². The number of carbonyl (C=O) groups is 3. The Labute approximate surface area is 178 Å². The Morgan fingerprint density at radius 3 is 2.23 bits per heavy atom. The van der Waals surface area contributed by atoms with Crippen LogP contribution in [-0.4, -0.2) is 35.0 Å². The Morgan fingerprint density at radius 2 is 1.70 bits per heavy atom. The fraction of sp³-hybridized carbons (Fsp3) is 0.333. The lowest BCUT2D eigenvalue weighted by atomic mass is 9.88. The Kier molecular flexibility index (Phi) is 5.47. The maximum atomic E-state index is 12.4. The molecule has 2 atom stereocenters. The fourth-order valence-corrected chi connectivity index (χ4v) is 3.77. The molecule has 1 aromatic carbocycles. The van der Waals surface area contributed by atoms with Crippen molar-refractivity contribution in [1.82, 2.24) is 0 Å². The Balaban J connectivity index is 2.15. The van der Waals surface area contributed by atoms with Crippen molar-refractivity contribution in [2.24, 2.45) is 5.16 Å². The van der Waals surface area contributed by atoms with E-state index in [1.807, 2.05) is 0 Å². The highest BCUT2D eigenvalue weighted by Gasteiger charge is 2.61. The molecular weight excluding hydrogens is 414 g/mol. The first-order valence-corrected chi connectivity index (χ1v) is 9.40. The van der Waals surface area contributed by atoms with Crippen LogP contribution in [0.3, 0.4) is 0 Å². The van der Waals surface area contributed by atoms with E-state index in [2.05, 4.69) is 11.7 Å². The Hall–Kier alpha value is -3.13. The summed E-state index contributed by atoms with van der Waals surface area (Å²) in [5, 5.41) is 4.61. The first-order chi connectivity index (χ1) is 14.0. The molecule has 30 heavy (non-hydrogen) atoms. The molecule has 0 radical (unpaired) electrons. The van der Waals surface area contributed by atoms with Crippen LogP contribution in [0.5, 0.6) is 0 Å². The summed E-state index contributed by atoms with van der Waals surface area (Å²) in [7, 11) is 0. The van der Waals surface area contributed by atoms with Crippen molar-refractivity contribution in [2.45, 2.75) is 45.7 Å². The third-order valence-corrected chi connectivity index (χ3v) is 4.81. The standard InChI is InChI=1S/C21H20ClNO7/c1-11(24)18-12(2)27-20(5,28-13(3)25)19(18)21(29-14(4)26)10-17(23-30-21)15-6-8-16(22)9-7-15/h6-9H,2,10H2,1,3-5H3. The number of ketones is 1. The molecule has 8 nitrogen and oxygen atoms in total. The minimum Gasteiger partial charge on any atom is -0.448 e. The number of ether oxygens (including phenoxy) is 3. The maximum absolute atomic E-state index is 12.4. The van der Waals surface area contributed by atoms with Gasteiger partial charge >= 0.3 is 17.7 Å². The number of benzene rings is 1. The summed E-state index contributed by atoms with van der Waals surface area (Å²) in [6, 6.07) is 6.80. The van der Waals surface area contributed by atoms with Crippen molar-refractivity contribution in [2.75, 3.05) is 0 Å². The van der Waals surface area contributed by atoms with Crippen LogP contribution in [0.1, 0.15) is 39.7 Å². The molecule has 0 spiro atoms. The molecule has 2 aliphatic heterocycles. The summed E-state index contributed by atoms with van der Waals surface area (Å²) < 4.78 is 16.6. The number of halogens is 1. The maximum Gasteiger partial charge on any atom is 0.314 e. The third-order valence-electron chi connectivity index (χ3n) is 4.56. The smallest absolute Gasteiger partial charge is 0.314 e. The van der Waals surface area contributed by atoms with E-state index in [1.165, 1.54) is 27.7 Å². The molecule has 0 amide bonds. The molecule has 2 aliphatic rings. The number of nitrogens with zero attached hydrogens (tertiary/aromatic N) is 1. The molecule has 2 heterocycles. The van der Waals surface area contributed by atoms with E-state index in [9.17, 15) is 14.4 Å². The van der Waals surface area contributed by atoms with Crippen LogP contribution in [0.2, 0.25) is 5.02 Å². The molecule has 0 saturated heterocycles. The zero-order valence-corrected chi connectivity index (χ0v) is 17.7. The van der Waals surface area contributed by atoms with Crippen LogP contribution in [-0.2, 0) is 33.4 Å². The number of oxime groups is 1. The average Bonchev–Trinajstić information content (AvgIpc) is 3.13. The number of rotatable bonds is 5. The SMILES string of the molecule is C=C1OC(C)(OC(C)=O)C(C2(OC(C)=O)CC(c3ccc(Cl)cc3)=NO2)=C1C(C)=O. The zero-order chi connectivity index (χ0) is 22.3. The van der Waals surface area contributed by atoms with E-state index in [0.29, 0.717) is 16.3 Å². The lowest BCUT2D eigenvalue weighted by molar-refractivity contribution is -0.232. The van der Waals surface area contributed by atoms with Crippen molar-refractivity contribution in [3.8, 4) is 0 Å². The molecule has 0 bridgehead atoms. The fourth-order valence-electron chi connectivity index (χ4n) is 3.64. The Bertz CT molecular complexity index is 1010. The van der Waals surface area contributed by atoms with Gasteiger partial charge in [0.15, 0.2) is 5.78 Å².